The third-order valence-electron chi connectivity index (χ3n) is 6.09. The maximum absolute atomic E-state index is 13.4. The number of nitrogens with one attached hydrogen (secondary N) is 1. The molecule has 3 aromatic carbocycles. The largest absolute Gasteiger partial charge is 0.507 e. The van der Waals surface area contributed by atoms with Crippen LogP contribution in [0, 0.1) is 6.92 Å². The van der Waals surface area contributed by atoms with Crippen LogP contribution in [0.1, 0.15) is 22.9 Å². The van der Waals surface area contributed by atoms with Gasteiger partial charge in [-0.15, -0.1) is 0 Å². The van der Waals surface area contributed by atoms with Crippen LogP contribution in [0.3, 0.4) is 0 Å². The zero-order chi connectivity index (χ0) is 24.0. The van der Waals surface area contributed by atoms with Gasteiger partial charge in [-0.05, 0) is 37.3 Å². The summed E-state index contributed by atoms with van der Waals surface area (Å²) < 4.78 is 5.35. The van der Waals surface area contributed by atoms with Crippen LogP contribution < -0.4 is 9.64 Å². The molecule has 0 radical (unpaired) electrons. The number of H-pyrrole nitrogens is 1. The molecule has 0 spiro atoms. The summed E-state index contributed by atoms with van der Waals surface area (Å²) in [6.45, 7) is 1.89. The number of benzene rings is 3. The number of halogens is 1. The third kappa shape index (κ3) is 3.43. The highest BCUT2D eigenvalue weighted by molar-refractivity contribution is 6.52. The first-order valence-electron chi connectivity index (χ1n) is 10.7. The number of nitrogens with zero attached hydrogens (tertiary/aromatic N) is 1. The molecule has 6 nitrogen and oxygen atoms in total. The quantitative estimate of drug-likeness (QED) is 0.224. The summed E-state index contributed by atoms with van der Waals surface area (Å²) in [5.41, 5.74) is 3.25. The number of fused-ring (bicyclic) bond motifs is 1. The molecule has 170 valence electrons. The number of hydrogen-bond donors (Lipinski definition) is 2. The maximum atomic E-state index is 13.4. The standard InChI is InChI=1S/C27H21ClN2O4/c1-15-22(20-11-3-4-12-21(20)29-15)24-23(25(31)16-7-5-8-17(28)13-16)26(32)27(33)30(24)18-9-6-10-19(14-18)34-2/h3-14,24,29,31H,1-2H3/b25-23+. The molecule has 0 aliphatic carbocycles. The lowest BCUT2D eigenvalue weighted by molar-refractivity contribution is -0.132. The number of carbonyl (C=O) groups is 2. The van der Waals surface area contributed by atoms with Crippen molar-refractivity contribution < 1.29 is 19.4 Å². The Hall–Kier alpha value is -4.03. The Morgan fingerprint density at radius 2 is 1.79 bits per heavy atom. The molecule has 0 bridgehead atoms. The summed E-state index contributed by atoms with van der Waals surface area (Å²) in [7, 11) is 1.54. The van der Waals surface area contributed by atoms with Crippen molar-refractivity contribution in [2.75, 3.05) is 12.0 Å². The number of rotatable bonds is 4. The van der Waals surface area contributed by atoms with E-state index in [1.165, 1.54) is 12.0 Å². The predicted octanol–water partition coefficient (Wildman–Crippen LogP) is 5.76. The van der Waals surface area contributed by atoms with Gasteiger partial charge in [0, 0.05) is 44.5 Å². The second-order valence-corrected chi connectivity index (χ2v) is 8.53. The minimum absolute atomic E-state index is 0.00272. The Morgan fingerprint density at radius 1 is 1.03 bits per heavy atom. The first-order chi connectivity index (χ1) is 16.4. The molecule has 7 heteroatoms. The smallest absolute Gasteiger partial charge is 0.300 e. The van der Waals surface area contributed by atoms with Crippen molar-refractivity contribution in [3.8, 4) is 5.75 Å². The van der Waals surface area contributed by atoms with Crippen LogP contribution >= 0.6 is 11.6 Å². The normalized spacial score (nSPS) is 17.5. The second kappa shape index (κ2) is 8.39. The van der Waals surface area contributed by atoms with Crippen molar-refractivity contribution in [2.24, 2.45) is 0 Å². The average Bonchev–Trinajstić information content (AvgIpc) is 3.30. The van der Waals surface area contributed by atoms with Gasteiger partial charge in [0.25, 0.3) is 11.7 Å². The second-order valence-electron chi connectivity index (χ2n) is 8.09. The molecule has 1 aromatic heterocycles. The lowest BCUT2D eigenvalue weighted by Crippen LogP contribution is -2.29. The number of Topliss-reactive ketones (excluding diaryl/α,β-unsaturated/α-hetero) is 1. The summed E-state index contributed by atoms with van der Waals surface area (Å²) in [5, 5.41) is 12.6. The van der Waals surface area contributed by atoms with E-state index < -0.39 is 17.7 Å². The molecule has 5 rings (SSSR count). The summed E-state index contributed by atoms with van der Waals surface area (Å²) in [5.74, 6) is -1.23. The van der Waals surface area contributed by atoms with E-state index in [1.807, 2.05) is 31.2 Å². The van der Waals surface area contributed by atoms with Crippen LogP contribution in [0.2, 0.25) is 5.02 Å². The SMILES string of the molecule is COc1cccc(N2C(=O)C(=O)/C(=C(/O)c3cccc(Cl)c3)C2c2c(C)[nH]c3ccccc23)c1. The Balaban J connectivity index is 1.82. The molecule has 1 aliphatic heterocycles. The molecular weight excluding hydrogens is 452 g/mol. The summed E-state index contributed by atoms with van der Waals surface area (Å²) in [6, 6.07) is 20.3. The molecule has 4 aromatic rings. The molecule has 1 unspecified atom stereocenters. The Labute approximate surface area is 201 Å². The van der Waals surface area contributed by atoms with E-state index >= 15 is 0 Å². The number of aromatic amines is 1. The van der Waals surface area contributed by atoms with Gasteiger partial charge in [0.15, 0.2) is 0 Å². The molecule has 1 aliphatic rings. The number of amides is 1. The fraction of sp³-hybridized carbons (Fsp3) is 0.111. The molecule has 2 heterocycles. The van der Waals surface area contributed by atoms with Crippen LogP contribution in [0.4, 0.5) is 5.69 Å². The molecule has 1 saturated heterocycles. The van der Waals surface area contributed by atoms with Gasteiger partial charge >= 0.3 is 0 Å². The molecule has 0 saturated carbocycles. The number of aliphatic hydroxyl groups is 1. The van der Waals surface area contributed by atoms with Crippen LogP contribution in [0.25, 0.3) is 16.7 Å². The van der Waals surface area contributed by atoms with Crippen LogP contribution in [-0.2, 0) is 9.59 Å². The van der Waals surface area contributed by atoms with Gasteiger partial charge in [0.2, 0.25) is 0 Å². The number of para-hydroxylation sites is 1. The lowest BCUT2D eigenvalue weighted by atomic mass is 9.93. The molecular formula is C27H21ClN2O4. The van der Waals surface area contributed by atoms with E-state index in [1.54, 1.807) is 48.5 Å². The van der Waals surface area contributed by atoms with Crippen LogP contribution in [0.5, 0.6) is 5.75 Å². The highest BCUT2D eigenvalue weighted by atomic mass is 35.5. The molecule has 34 heavy (non-hydrogen) atoms. The zero-order valence-electron chi connectivity index (χ0n) is 18.5. The van der Waals surface area contributed by atoms with E-state index in [0.717, 1.165) is 22.2 Å². The first kappa shape index (κ1) is 21.8. The first-order valence-corrected chi connectivity index (χ1v) is 11.1. The van der Waals surface area contributed by atoms with Gasteiger partial charge < -0.3 is 14.8 Å². The highest BCUT2D eigenvalue weighted by Gasteiger charge is 2.48. The highest BCUT2D eigenvalue weighted by Crippen LogP contribution is 2.46. The summed E-state index contributed by atoms with van der Waals surface area (Å²) in [6.07, 6.45) is 0. The van der Waals surface area contributed by atoms with Crippen molar-refractivity contribution in [3.05, 3.63) is 100 Å². The number of aromatic nitrogens is 1. The third-order valence-corrected chi connectivity index (χ3v) is 6.33. The minimum Gasteiger partial charge on any atom is -0.507 e. The van der Waals surface area contributed by atoms with Crippen molar-refractivity contribution in [1.82, 2.24) is 4.98 Å². The predicted molar refractivity (Wildman–Crippen MR) is 132 cm³/mol. The molecule has 1 amide bonds. The number of carbonyl (C=O) groups excluding carboxylic acids is 2. The van der Waals surface area contributed by atoms with Gasteiger partial charge in [-0.1, -0.05) is 48.0 Å². The maximum Gasteiger partial charge on any atom is 0.300 e. The van der Waals surface area contributed by atoms with Crippen molar-refractivity contribution in [3.63, 3.8) is 0 Å². The number of ketones is 1. The molecule has 1 atom stereocenters. The van der Waals surface area contributed by atoms with Crippen LogP contribution in [0.15, 0.2) is 78.4 Å². The Kier molecular flexibility index (Phi) is 5.38. The number of aliphatic hydroxyl groups excluding tert-OH is 1. The van der Waals surface area contributed by atoms with Gasteiger partial charge in [0.05, 0.1) is 18.7 Å². The zero-order valence-corrected chi connectivity index (χ0v) is 19.3. The fourth-order valence-corrected chi connectivity index (χ4v) is 4.76. The topological polar surface area (TPSA) is 82.6 Å². The average molecular weight is 473 g/mol. The minimum atomic E-state index is -0.859. The molecule has 1 fully saturated rings. The van der Waals surface area contributed by atoms with Gasteiger partial charge in [-0.3, -0.25) is 14.5 Å². The van der Waals surface area contributed by atoms with Crippen LogP contribution in [-0.4, -0.2) is 28.9 Å². The fourth-order valence-electron chi connectivity index (χ4n) is 4.57. The van der Waals surface area contributed by atoms with Crippen molar-refractivity contribution in [1.29, 1.82) is 0 Å². The monoisotopic (exact) mass is 472 g/mol. The van der Waals surface area contributed by atoms with E-state index in [-0.39, 0.29) is 11.3 Å². The van der Waals surface area contributed by atoms with E-state index in [2.05, 4.69) is 4.98 Å². The number of methoxy groups -OCH3 is 1. The Morgan fingerprint density at radius 3 is 2.56 bits per heavy atom. The number of anilines is 1. The number of hydrogen-bond acceptors (Lipinski definition) is 4. The summed E-state index contributed by atoms with van der Waals surface area (Å²) in [4.78, 5) is 31.6. The van der Waals surface area contributed by atoms with Gasteiger partial charge in [0.1, 0.15) is 11.5 Å². The van der Waals surface area contributed by atoms with E-state index in [0.29, 0.717) is 22.0 Å². The van der Waals surface area contributed by atoms with Crippen molar-refractivity contribution in [2.45, 2.75) is 13.0 Å². The number of aryl methyl sites for hydroxylation is 1. The van der Waals surface area contributed by atoms with Gasteiger partial charge in [-0.25, -0.2) is 0 Å². The van der Waals surface area contributed by atoms with Gasteiger partial charge in [-0.2, -0.15) is 0 Å². The van der Waals surface area contributed by atoms with E-state index in [4.69, 9.17) is 16.3 Å². The van der Waals surface area contributed by atoms with E-state index in [9.17, 15) is 14.7 Å². The number of ether oxygens (including phenoxy) is 1. The Bertz CT molecular complexity index is 1490. The van der Waals surface area contributed by atoms with Crippen molar-refractivity contribution >= 4 is 45.6 Å². The summed E-state index contributed by atoms with van der Waals surface area (Å²) >= 11 is 6.14. The lowest BCUT2D eigenvalue weighted by Gasteiger charge is -2.26. The molecule has 2 N–H and O–H groups in total.